The molecule has 1 rings (SSSR count). The lowest BCUT2D eigenvalue weighted by Crippen LogP contribution is -2.28. The van der Waals surface area contributed by atoms with Crippen LogP contribution in [0.2, 0.25) is 0 Å². The summed E-state index contributed by atoms with van der Waals surface area (Å²) in [5.41, 5.74) is 1.16. The molecule has 0 saturated heterocycles. The number of esters is 1. The third-order valence-corrected chi connectivity index (χ3v) is 2.92. The number of hydrogen-bond acceptors (Lipinski definition) is 3. The fourth-order valence-electron chi connectivity index (χ4n) is 1.93. The van der Waals surface area contributed by atoms with Gasteiger partial charge in [0.25, 0.3) is 0 Å². The van der Waals surface area contributed by atoms with E-state index < -0.39 is 18.0 Å². The molecule has 4 heteroatoms. The molecule has 0 radical (unpaired) electrons. The van der Waals surface area contributed by atoms with Crippen LogP contribution in [0.3, 0.4) is 0 Å². The van der Waals surface area contributed by atoms with Crippen LogP contribution in [0, 0.1) is 5.92 Å². The Morgan fingerprint density at radius 3 is 2.40 bits per heavy atom. The normalized spacial score (nSPS) is 12.2. The zero-order valence-electron chi connectivity index (χ0n) is 12.0. The Bertz CT molecular complexity index is 425. The lowest BCUT2D eigenvalue weighted by Gasteiger charge is -2.15. The summed E-state index contributed by atoms with van der Waals surface area (Å²) in [6, 6.07) is 9.86. The molecule has 110 valence electrons. The zero-order chi connectivity index (χ0) is 15.0. The molecule has 0 aromatic heterocycles. The summed E-state index contributed by atoms with van der Waals surface area (Å²) >= 11 is 0. The number of carboxylic acid groups (broad SMARTS) is 1. The van der Waals surface area contributed by atoms with Gasteiger partial charge in [-0.2, -0.15) is 0 Å². The average Bonchev–Trinajstić information content (AvgIpc) is 2.38. The van der Waals surface area contributed by atoms with Crippen LogP contribution in [0.15, 0.2) is 30.3 Å². The molecule has 0 fully saturated rings. The molecule has 0 heterocycles. The van der Waals surface area contributed by atoms with Gasteiger partial charge < -0.3 is 9.84 Å². The Labute approximate surface area is 119 Å². The van der Waals surface area contributed by atoms with E-state index in [4.69, 9.17) is 9.84 Å². The van der Waals surface area contributed by atoms with Crippen LogP contribution in [0.4, 0.5) is 0 Å². The molecule has 4 nitrogen and oxygen atoms in total. The first-order valence-electron chi connectivity index (χ1n) is 6.95. The van der Waals surface area contributed by atoms with Gasteiger partial charge in [0.2, 0.25) is 0 Å². The minimum absolute atomic E-state index is 0.174. The van der Waals surface area contributed by atoms with E-state index in [0.717, 1.165) is 12.0 Å². The van der Waals surface area contributed by atoms with Crippen molar-refractivity contribution in [1.82, 2.24) is 0 Å². The summed E-state index contributed by atoms with van der Waals surface area (Å²) in [5.74, 6) is -1.34. The molecule has 20 heavy (non-hydrogen) atoms. The van der Waals surface area contributed by atoms with Gasteiger partial charge in [0.1, 0.15) is 0 Å². The maximum atomic E-state index is 11.6. The molecule has 1 N–H and O–H groups in total. The number of hydrogen-bond donors (Lipinski definition) is 1. The minimum Gasteiger partial charge on any atom is -0.479 e. The van der Waals surface area contributed by atoms with Crippen LogP contribution >= 0.6 is 0 Å². The number of rotatable bonds is 8. The number of ether oxygens (including phenoxy) is 1. The standard InChI is InChI=1S/C16H22O4/c1-12(2)11-14(16(18)19)20-15(17)10-6-9-13-7-4-3-5-8-13/h3-5,7-8,12,14H,6,9-11H2,1-2H3,(H,18,19)/t14-/m0/s1. The van der Waals surface area contributed by atoms with Gasteiger partial charge in [-0.25, -0.2) is 4.79 Å². The highest BCUT2D eigenvalue weighted by molar-refractivity contribution is 5.77. The largest absolute Gasteiger partial charge is 0.479 e. The van der Waals surface area contributed by atoms with Crippen LogP contribution in [-0.2, 0) is 20.7 Å². The SMILES string of the molecule is CC(C)C[C@H](OC(=O)CCCc1ccccc1)C(=O)O. The Balaban J connectivity index is 2.33. The molecule has 0 spiro atoms. The van der Waals surface area contributed by atoms with E-state index in [1.54, 1.807) is 0 Å². The van der Waals surface area contributed by atoms with E-state index in [0.29, 0.717) is 12.8 Å². The van der Waals surface area contributed by atoms with Crippen LogP contribution in [-0.4, -0.2) is 23.1 Å². The van der Waals surface area contributed by atoms with Crippen molar-refractivity contribution in [2.45, 2.75) is 45.6 Å². The smallest absolute Gasteiger partial charge is 0.345 e. The maximum Gasteiger partial charge on any atom is 0.345 e. The highest BCUT2D eigenvalue weighted by Crippen LogP contribution is 2.11. The van der Waals surface area contributed by atoms with Gasteiger partial charge in [0, 0.05) is 6.42 Å². The quantitative estimate of drug-likeness (QED) is 0.742. The van der Waals surface area contributed by atoms with Crippen LogP contribution in [0.5, 0.6) is 0 Å². The van der Waals surface area contributed by atoms with Gasteiger partial charge in [0.15, 0.2) is 6.10 Å². The van der Waals surface area contributed by atoms with E-state index in [9.17, 15) is 9.59 Å². The van der Waals surface area contributed by atoms with Crippen molar-refractivity contribution in [3.05, 3.63) is 35.9 Å². The molecule has 0 aliphatic carbocycles. The number of carboxylic acids is 1. The first-order chi connectivity index (χ1) is 9.49. The third-order valence-electron chi connectivity index (χ3n) is 2.92. The highest BCUT2D eigenvalue weighted by Gasteiger charge is 2.22. The van der Waals surface area contributed by atoms with Crippen LogP contribution < -0.4 is 0 Å². The number of aliphatic carboxylic acids is 1. The molecule has 0 saturated carbocycles. The number of carbonyl (C=O) groups is 2. The number of aryl methyl sites for hydroxylation is 1. The highest BCUT2D eigenvalue weighted by atomic mass is 16.6. The van der Waals surface area contributed by atoms with Gasteiger partial charge >= 0.3 is 11.9 Å². The van der Waals surface area contributed by atoms with Gasteiger partial charge in [-0.1, -0.05) is 44.2 Å². The fraction of sp³-hybridized carbons (Fsp3) is 0.500. The molecule has 1 aromatic rings. The second-order valence-corrected chi connectivity index (χ2v) is 5.29. The van der Waals surface area contributed by atoms with Crippen molar-refractivity contribution in [3.63, 3.8) is 0 Å². The molecule has 0 aliphatic heterocycles. The fourth-order valence-corrected chi connectivity index (χ4v) is 1.93. The topological polar surface area (TPSA) is 63.6 Å². The summed E-state index contributed by atoms with van der Waals surface area (Å²) in [4.78, 5) is 22.6. The Morgan fingerprint density at radius 2 is 1.85 bits per heavy atom. The van der Waals surface area contributed by atoms with Crippen molar-refractivity contribution in [2.75, 3.05) is 0 Å². The molecule has 0 bridgehead atoms. The van der Waals surface area contributed by atoms with E-state index >= 15 is 0 Å². The summed E-state index contributed by atoms with van der Waals surface area (Å²) in [6.45, 7) is 3.80. The van der Waals surface area contributed by atoms with E-state index in [1.165, 1.54) is 0 Å². The number of carbonyl (C=O) groups excluding carboxylic acids is 1. The van der Waals surface area contributed by atoms with Crippen molar-refractivity contribution < 1.29 is 19.4 Å². The van der Waals surface area contributed by atoms with Crippen LogP contribution in [0.1, 0.15) is 38.7 Å². The molecular formula is C16H22O4. The molecule has 0 aliphatic rings. The van der Waals surface area contributed by atoms with Crippen molar-refractivity contribution in [1.29, 1.82) is 0 Å². The molecule has 1 atom stereocenters. The lowest BCUT2D eigenvalue weighted by molar-refractivity contribution is -0.165. The van der Waals surface area contributed by atoms with Crippen molar-refractivity contribution >= 4 is 11.9 Å². The summed E-state index contributed by atoms with van der Waals surface area (Å²) in [7, 11) is 0. The maximum absolute atomic E-state index is 11.6. The number of benzene rings is 1. The summed E-state index contributed by atoms with van der Waals surface area (Å²) < 4.78 is 5.02. The summed E-state index contributed by atoms with van der Waals surface area (Å²) in [5, 5.41) is 9.00. The minimum atomic E-state index is -1.07. The monoisotopic (exact) mass is 278 g/mol. The van der Waals surface area contributed by atoms with Gasteiger partial charge in [-0.05, 0) is 30.7 Å². The molecule has 0 amide bonds. The van der Waals surface area contributed by atoms with E-state index in [1.807, 2.05) is 44.2 Å². The Hall–Kier alpha value is -1.84. The van der Waals surface area contributed by atoms with Gasteiger partial charge in [-0.15, -0.1) is 0 Å². The van der Waals surface area contributed by atoms with Crippen LogP contribution in [0.25, 0.3) is 0 Å². The predicted molar refractivity (Wildman–Crippen MR) is 76.4 cm³/mol. The molecular weight excluding hydrogens is 256 g/mol. The van der Waals surface area contributed by atoms with Gasteiger partial charge in [-0.3, -0.25) is 4.79 Å². The van der Waals surface area contributed by atoms with E-state index in [-0.39, 0.29) is 12.3 Å². The Morgan fingerprint density at radius 1 is 1.20 bits per heavy atom. The first kappa shape index (κ1) is 16.2. The average molecular weight is 278 g/mol. The third kappa shape index (κ3) is 6.36. The first-order valence-corrected chi connectivity index (χ1v) is 6.95. The Kier molecular flexibility index (Phi) is 6.77. The van der Waals surface area contributed by atoms with E-state index in [2.05, 4.69) is 0 Å². The van der Waals surface area contributed by atoms with Gasteiger partial charge in [0.05, 0.1) is 0 Å². The van der Waals surface area contributed by atoms with Crippen molar-refractivity contribution in [2.24, 2.45) is 5.92 Å². The molecule has 1 aromatic carbocycles. The summed E-state index contributed by atoms with van der Waals surface area (Å²) in [6.07, 6.45) is 1.02. The van der Waals surface area contributed by atoms with Crippen molar-refractivity contribution in [3.8, 4) is 0 Å². The second-order valence-electron chi connectivity index (χ2n) is 5.29. The predicted octanol–water partition coefficient (Wildman–Crippen LogP) is 3.05. The lowest BCUT2D eigenvalue weighted by atomic mass is 10.1. The second kappa shape index (κ2) is 8.35. The zero-order valence-corrected chi connectivity index (χ0v) is 12.0. The molecule has 0 unspecified atom stereocenters.